The van der Waals surface area contributed by atoms with Gasteiger partial charge in [-0.3, -0.25) is 0 Å². The minimum absolute atomic E-state index is 0. The molecule has 0 rings (SSSR count). The van der Waals surface area contributed by atoms with Gasteiger partial charge in [0.05, 0.1) is 0 Å². The van der Waals surface area contributed by atoms with Crippen LogP contribution in [0.4, 0.5) is 0 Å². The Hall–Kier alpha value is 0.120. The smallest absolute Gasteiger partial charge is 0.550 e. The number of carbonyl (C=O) groups is 2. The summed E-state index contributed by atoms with van der Waals surface area (Å²) in [5.74, 6) is -1.82. The molecule has 0 saturated heterocycles. The van der Waals surface area contributed by atoms with Crippen LogP contribution >= 0.6 is 0 Å². The van der Waals surface area contributed by atoms with E-state index in [9.17, 15) is 19.8 Å². The van der Waals surface area contributed by atoms with Crippen molar-refractivity contribution >= 4 is 49.7 Å². The Kier molecular flexibility index (Phi) is 58.4. The number of nitrogens with zero attached hydrogens (tertiary/aromatic N) is 2. The van der Waals surface area contributed by atoms with Crippen molar-refractivity contribution in [3.05, 3.63) is 0 Å². The van der Waals surface area contributed by atoms with Crippen LogP contribution in [0.2, 0.25) is 0 Å². The molecular formula is C54H108CaN2O4. The van der Waals surface area contributed by atoms with E-state index in [4.69, 9.17) is 0 Å². The monoisotopic (exact) mass is 889 g/mol. The van der Waals surface area contributed by atoms with E-state index in [-0.39, 0.29) is 50.6 Å². The average Bonchev–Trinajstić information content (AvgIpc) is 3.23. The Morgan fingerprint density at radius 3 is 0.656 bits per heavy atom. The summed E-state index contributed by atoms with van der Waals surface area (Å²) in [6.07, 6.45) is 50.6. The van der Waals surface area contributed by atoms with Crippen LogP contribution in [0.15, 0.2) is 0 Å². The minimum Gasteiger partial charge on any atom is -0.550 e. The van der Waals surface area contributed by atoms with E-state index >= 15 is 0 Å². The van der Waals surface area contributed by atoms with Crippen LogP contribution in [-0.2, 0) is 9.59 Å². The van der Waals surface area contributed by atoms with Gasteiger partial charge in [0.15, 0.2) is 0 Å². The van der Waals surface area contributed by atoms with Gasteiger partial charge in [-0.05, 0) is 91.4 Å². The second-order valence-electron chi connectivity index (χ2n) is 18.9. The van der Waals surface area contributed by atoms with Crippen LogP contribution < -0.4 is 10.2 Å². The largest absolute Gasteiger partial charge is 2.00 e. The Labute approximate surface area is 413 Å². The molecule has 0 radical (unpaired) electrons. The van der Waals surface area contributed by atoms with Gasteiger partial charge in [0.25, 0.3) is 0 Å². The Bertz CT molecular complexity index is 749. The van der Waals surface area contributed by atoms with Crippen molar-refractivity contribution in [2.75, 3.05) is 26.2 Å². The fourth-order valence-electron chi connectivity index (χ4n) is 8.63. The Balaban J connectivity index is -0.00000109. The number of hydrogen-bond donors (Lipinski definition) is 0. The van der Waals surface area contributed by atoms with Crippen LogP contribution in [0.3, 0.4) is 0 Å². The van der Waals surface area contributed by atoms with Crippen molar-refractivity contribution in [2.24, 2.45) is 0 Å². The standard InChI is InChI=1S/2C27H55NO2.Ca/c2*1-4-6-8-10-12-14-16-18-20-24-28(26(3)22-23-27(29)30)25-21-19-17-15-13-11-9-7-5-2;/h2*26H,4-25H2,1-3H3,(H,29,30);/q;;+2/p-2. The van der Waals surface area contributed by atoms with Gasteiger partial charge in [0, 0.05) is 24.0 Å². The molecule has 2 unspecified atom stereocenters. The summed E-state index contributed by atoms with van der Waals surface area (Å²) in [7, 11) is 0. The van der Waals surface area contributed by atoms with E-state index in [1.165, 1.54) is 231 Å². The molecule has 0 bridgehead atoms. The number of rotatable bonds is 48. The van der Waals surface area contributed by atoms with Crippen molar-refractivity contribution in [1.82, 2.24) is 9.80 Å². The summed E-state index contributed by atoms with van der Waals surface area (Å²) in [6.45, 7) is 18.0. The van der Waals surface area contributed by atoms with E-state index in [0.717, 1.165) is 39.0 Å². The van der Waals surface area contributed by atoms with Gasteiger partial charge >= 0.3 is 37.7 Å². The maximum absolute atomic E-state index is 10.8. The summed E-state index contributed by atoms with van der Waals surface area (Å²) < 4.78 is 0. The Morgan fingerprint density at radius 1 is 0.328 bits per heavy atom. The fraction of sp³-hybridized carbons (Fsp3) is 0.963. The molecule has 6 nitrogen and oxygen atoms in total. The molecule has 0 aromatic rings. The second-order valence-corrected chi connectivity index (χ2v) is 18.9. The summed E-state index contributed by atoms with van der Waals surface area (Å²) in [5.41, 5.74) is 0. The zero-order chi connectivity index (χ0) is 44.6. The molecule has 0 N–H and O–H groups in total. The first-order valence-corrected chi connectivity index (χ1v) is 27.1. The third kappa shape index (κ3) is 52.6. The van der Waals surface area contributed by atoms with Gasteiger partial charge in [-0.25, -0.2) is 0 Å². The van der Waals surface area contributed by atoms with E-state index in [2.05, 4.69) is 51.3 Å². The van der Waals surface area contributed by atoms with Crippen molar-refractivity contribution in [3.8, 4) is 0 Å². The number of carboxylic acids is 2. The number of unbranched alkanes of at least 4 members (excludes halogenated alkanes) is 32. The van der Waals surface area contributed by atoms with Gasteiger partial charge in [-0.15, -0.1) is 0 Å². The molecule has 7 heteroatoms. The first-order valence-electron chi connectivity index (χ1n) is 27.1. The van der Waals surface area contributed by atoms with Crippen molar-refractivity contribution in [3.63, 3.8) is 0 Å². The number of aliphatic carboxylic acids is 2. The third-order valence-electron chi connectivity index (χ3n) is 13.0. The van der Waals surface area contributed by atoms with Gasteiger partial charge in [0.2, 0.25) is 0 Å². The molecule has 0 aromatic heterocycles. The molecular weight excluding hydrogens is 781 g/mol. The number of carboxylic acid groups (broad SMARTS) is 2. The zero-order valence-corrected chi connectivity index (χ0v) is 44.7. The molecule has 0 amide bonds. The molecule has 2 atom stereocenters. The molecule has 0 saturated carbocycles. The van der Waals surface area contributed by atoms with E-state index in [1.807, 2.05) is 0 Å². The fourth-order valence-corrected chi connectivity index (χ4v) is 8.63. The van der Waals surface area contributed by atoms with Crippen LogP contribution in [-0.4, -0.2) is 97.7 Å². The molecule has 0 aromatic carbocycles. The van der Waals surface area contributed by atoms with Gasteiger partial charge in [-0.2, -0.15) is 0 Å². The molecule has 360 valence electrons. The minimum atomic E-state index is -0.909. The summed E-state index contributed by atoms with van der Waals surface area (Å²) in [6, 6.07) is 0.706. The van der Waals surface area contributed by atoms with Crippen LogP contribution in [0.5, 0.6) is 0 Å². The number of hydrogen-bond acceptors (Lipinski definition) is 6. The first-order chi connectivity index (χ1) is 29.2. The van der Waals surface area contributed by atoms with Crippen molar-refractivity contribution in [2.45, 2.75) is 310 Å². The molecule has 0 heterocycles. The quantitative estimate of drug-likeness (QED) is 0.0447. The normalized spacial score (nSPS) is 12.3. The maximum Gasteiger partial charge on any atom is 2.00 e. The first kappa shape index (κ1) is 65.4. The van der Waals surface area contributed by atoms with Crippen molar-refractivity contribution < 1.29 is 19.8 Å². The summed E-state index contributed by atoms with van der Waals surface area (Å²) in [5, 5.41) is 21.7. The van der Waals surface area contributed by atoms with Crippen LogP contribution in [0.1, 0.15) is 298 Å². The predicted octanol–water partition coefficient (Wildman–Crippen LogP) is 14.2. The van der Waals surface area contributed by atoms with E-state index in [0.29, 0.717) is 12.1 Å². The van der Waals surface area contributed by atoms with E-state index < -0.39 is 11.9 Å². The topological polar surface area (TPSA) is 86.7 Å². The number of carbonyl (C=O) groups excluding carboxylic acids is 2. The van der Waals surface area contributed by atoms with Crippen LogP contribution in [0, 0.1) is 0 Å². The Morgan fingerprint density at radius 2 is 0.492 bits per heavy atom. The summed E-state index contributed by atoms with van der Waals surface area (Å²) in [4.78, 5) is 26.8. The molecule has 0 aliphatic rings. The molecule has 61 heavy (non-hydrogen) atoms. The average molecular weight is 890 g/mol. The zero-order valence-electron chi connectivity index (χ0n) is 42.5. The van der Waals surface area contributed by atoms with Crippen LogP contribution in [0.25, 0.3) is 0 Å². The maximum atomic E-state index is 10.8. The molecule has 0 fully saturated rings. The predicted molar refractivity (Wildman–Crippen MR) is 265 cm³/mol. The third-order valence-corrected chi connectivity index (χ3v) is 13.0. The van der Waals surface area contributed by atoms with Crippen molar-refractivity contribution in [1.29, 1.82) is 0 Å². The van der Waals surface area contributed by atoms with Gasteiger partial charge < -0.3 is 29.6 Å². The molecule has 0 spiro atoms. The van der Waals surface area contributed by atoms with Gasteiger partial charge in [0.1, 0.15) is 0 Å². The van der Waals surface area contributed by atoms with E-state index in [1.54, 1.807) is 0 Å². The second kappa shape index (κ2) is 54.5. The SMILES string of the molecule is CCCCCCCCCCCN(CCCCCCCCCCC)C(C)CCC(=O)[O-].CCCCCCCCCCCN(CCCCCCCCCCC)C(C)CCC(=O)[O-].[Ca+2]. The summed E-state index contributed by atoms with van der Waals surface area (Å²) >= 11 is 0. The molecule has 0 aliphatic heterocycles. The van der Waals surface area contributed by atoms with Gasteiger partial charge in [-0.1, -0.05) is 233 Å². The molecule has 0 aliphatic carbocycles.